The van der Waals surface area contributed by atoms with Crippen LogP contribution >= 0.6 is 7.82 Å². The van der Waals surface area contributed by atoms with Gasteiger partial charge in [0.15, 0.2) is 0 Å². The van der Waals surface area contributed by atoms with Crippen LogP contribution < -0.4 is 0 Å². The molecule has 0 fully saturated rings. The van der Waals surface area contributed by atoms with E-state index in [1.165, 1.54) is 24.3 Å². The molecule has 148 valence electrons. The van der Waals surface area contributed by atoms with Gasteiger partial charge < -0.3 is 13.6 Å². The van der Waals surface area contributed by atoms with E-state index in [9.17, 15) is 4.57 Å². The Labute approximate surface area is 168 Å². The molecular weight excluding hydrogens is 371 g/mol. The highest BCUT2D eigenvalue weighted by Gasteiger charge is 2.33. The molecule has 0 saturated carbocycles. The first-order chi connectivity index (χ1) is 13.5. The second kappa shape index (κ2) is 14.9. The molecule has 0 unspecified atom stereocenters. The highest BCUT2D eigenvalue weighted by molar-refractivity contribution is 7.48. The molecule has 0 rings (SSSR count). The van der Waals surface area contributed by atoms with Crippen LogP contribution in [-0.2, 0) is 18.1 Å². The molecule has 4 nitrogen and oxygen atoms in total. The topological polar surface area (TPSA) is 44.8 Å². The Morgan fingerprint density at radius 1 is 0.643 bits per heavy atom. The van der Waals surface area contributed by atoms with Crippen molar-refractivity contribution in [2.24, 2.45) is 0 Å². The predicted octanol–water partition coefficient (Wildman–Crippen LogP) is 7.41. The summed E-state index contributed by atoms with van der Waals surface area (Å²) < 4.78 is 30.1. The fourth-order valence-corrected chi connectivity index (χ4v) is 2.87. The van der Waals surface area contributed by atoms with Crippen LogP contribution in [0.4, 0.5) is 0 Å². The molecule has 0 aromatic rings. The standard InChI is InChI=1S/C23H27O4P/c1-7-13-18-21(12-6)25-28(24,26-22(16-10-4)19-14-8-2)27-23(17-11-5)20-15-9-3/h7-20H,1-5H2,6H3/b18-13-,19-14-,20-15-,21-12+,22-16+,23-17+. The third-order valence-corrected chi connectivity index (χ3v) is 3.99. The Hall–Kier alpha value is -3.23. The molecule has 0 spiro atoms. The lowest BCUT2D eigenvalue weighted by Crippen LogP contribution is -1.99. The van der Waals surface area contributed by atoms with E-state index in [0.29, 0.717) is 0 Å². The summed E-state index contributed by atoms with van der Waals surface area (Å²) in [6, 6.07) is 0. The van der Waals surface area contributed by atoms with Gasteiger partial charge in [-0.1, -0.05) is 81.5 Å². The molecular formula is C23H27O4P. The van der Waals surface area contributed by atoms with Crippen molar-refractivity contribution in [2.75, 3.05) is 0 Å². The van der Waals surface area contributed by atoms with Crippen LogP contribution in [0.5, 0.6) is 0 Å². The Bertz CT molecular complexity index is 743. The zero-order valence-corrected chi connectivity index (χ0v) is 17.1. The second-order valence-corrected chi connectivity index (χ2v) is 6.25. The molecule has 5 heteroatoms. The normalized spacial score (nSPS) is 13.5. The summed E-state index contributed by atoms with van der Waals surface area (Å²) in [6.07, 6.45) is 21.8. The average molecular weight is 398 g/mol. The first-order valence-electron chi connectivity index (χ1n) is 8.36. The molecule has 0 radical (unpaired) electrons. The van der Waals surface area contributed by atoms with Gasteiger partial charge in [-0.05, 0) is 43.4 Å². The van der Waals surface area contributed by atoms with E-state index in [2.05, 4.69) is 32.9 Å². The van der Waals surface area contributed by atoms with Gasteiger partial charge in [0.2, 0.25) is 0 Å². The second-order valence-electron chi connectivity index (χ2n) is 4.81. The molecule has 0 aliphatic carbocycles. The van der Waals surface area contributed by atoms with Crippen molar-refractivity contribution < 1.29 is 18.1 Å². The third kappa shape index (κ3) is 10.7. The summed E-state index contributed by atoms with van der Waals surface area (Å²) >= 11 is 0. The lowest BCUT2D eigenvalue weighted by atomic mass is 10.4. The van der Waals surface area contributed by atoms with Crippen molar-refractivity contribution in [3.63, 3.8) is 0 Å². The van der Waals surface area contributed by atoms with Crippen LogP contribution in [-0.4, -0.2) is 0 Å². The first-order valence-corrected chi connectivity index (χ1v) is 9.82. The maximum Gasteiger partial charge on any atom is 0.647 e. The third-order valence-electron chi connectivity index (χ3n) is 2.69. The van der Waals surface area contributed by atoms with E-state index in [1.54, 1.807) is 67.7 Å². The molecule has 0 aliphatic rings. The van der Waals surface area contributed by atoms with Gasteiger partial charge in [0.05, 0.1) is 0 Å². The molecule has 28 heavy (non-hydrogen) atoms. The zero-order valence-electron chi connectivity index (χ0n) is 16.2. The van der Waals surface area contributed by atoms with Gasteiger partial charge in [-0.25, -0.2) is 0 Å². The molecule has 0 N–H and O–H groups in total. The molecule has 0 amide bonds. The summed E-state index contributed by atoms with van der Waals surface area (Å²) in [5, 5.41) is 0. The fraction of sp³-hybridized carbons (Fsp3) is 0.0435. The lowest BCUT2D eigenvalue weighted by Gasteiger charge is -2.20. The van der Waals surface area contributed by atoms with Gasteiger partial charge >= 0.3 is 7.82 Å². The average Bonchev–Trinajstić information content (AvgIpc) is 2.67. The summed E-state index contributed by atoms with van der Waals surface area (Å²) in [5.41, 5.74) is 0. The Morgan fingerprint density at radius 2 is 1.00 bits per heavy atom. The smallest absolute Gasteiger partial charge is 0.386 e. The fourth-order valence-electron chi connectivity index (χ4n) is 1.58. The van der Waals surface area contributed by atoms with Crippen LogP contribution in [0.1, 0.15) is 6.92 Å². The summed E-state index contributed by atoms with van der Waals surface area (Å²) in [5.74, 6) is 0.707. The highest BCUT2D eigenvalue weighted by atomic mass is 31.2. The maximum atomic E-state index is 13.4. The zero-order chi connectivity index (χ0) is 21.3. The lowest BCUT2D eigenvalue weighted by molar-refractivity contribution is 0.205. The Morgan fingerprint density at radius 3 is 1.32 bits per heavy atom. The van der Waals surface area contributed by atoms with Crippen molar-refractivity contribution in [1.82, 2.24) is 0 Å². The van der Waals surface area contributed by atoms with E-state index in [-0.39, 0.29) is 17.3 Å². The maximum absolute atomic E-state index is 13.4. The van der Waals surface area contributed by atoms with Crippen LogP contribution in [0.3, 0.4) is 0 Å². The highest BCUT2D eigenvalue weighted by Crippen LogP contribution is 2.55. The molecule has 0 atom stereocenters. The van der Waals surface area contributed by atoms with Crippen molar-refractivity contribution in [2.45, 2.75) is 6.92 Å². The van der Waals surface area contributed by atoms with Crippen LogP contribution in [0.25, 0.3) is 0 Å². The molecule has 0 saturated heterocycles. The number of rotatable bonds is 14. The van der Waals surface area contributed by atoms with Crippen LogP contribution in [0.15, 0.2) is 135 Å². The number of hydrogen-bond acceptors (Lipinski definition) is 4. The van der Waals surface area contributed by atoms with Gasteiger partial charge in [-0.3, -0.25) is 0 Å². The van der Waals surface area contributed by atoms with Crippen molar-refractivity contribution >= 4 is 7.82 Å². The van der Waals surface area contributed by atoms with E-state index in [1.807, 2.05) is 0 Å². The minimum absolute atomic E-state index is 0.215. The molecule has 0 bridgehead atoms. The van der Waals surface area contributed by atoms with Gasteiger partial charge in [-0.15, -0.1) is 0 Å². The Kier molecular flexibility index (Phi) is 13.2. The molecule has 0 aliphatic heterocycles. The summed E-state index contributed by atoms with van der Waals surface area (Å²) in [6.45, 7) is 19.8. The summed E-state index contributed by atoms with van der Waals surface area (Å²) in [4.78, 5) is 0. The number of phosphoric acid groups is 1. The Balaban J connectivity index is 6.07. The van der Waals surface area contributed by atoms with Crippen molar-refractivity contribution in [3.05, 3.63) is 135 Å². The van der Waals surface area contributed by atoms with Crippen LogP contribution in [0, 0.1) is 0 Å². The number of allylic oxidation sites excluding steroid dienone is 14. The number of hydrogen-bond donors (Lipinski definition) is 0. The largest absolute Gasteiger partial charge is 0.647 e. The summed E-state index contributed by atoms with van der Waals surface area (Å²) in [7, 11) is -4.14. The first kappa shape index (κ1) is 24.8. The van der Waals surface area contributed by atoms with Crippen LogP contribution in [0.2, 0.25) is 0 Å². The molecule has 0 aromatic heterocycles. The van der Waals surface area contributed by atoms with E-state index in [4.69, 9.17) is 13.6 Å². The van der Waals surface area contributed by atoms with E-state index in [0.717, 1.165) is 0 Å². The van der Waals surface area contributed by atoms with Gasteiger partial charge in [0.25, 0.3) is 0 Å². The van der Waals surface area contributed by atoms with E-state index >= 15 is 0 Å². The van der Waals surface area contributed by atoms with Gasteiger partial charge in [-0.2, -0.15) is 4.57 Å². The molecule has 0 heterocycles. The molecule has 0 aromatic carbocycles. The SMILES string of the molecule is C=C/C=C\C(=C/C)OP(=O)(OC(/C=C\C=C)=C/C=C)OC(/C=C\C=C)=C/C=C. The minimum Gasteiger partial charge on any atom is -0.386 e. The quantitative estimate of drug-likeness (QED) is 0.174. The van der Waals surface area contributed by atoms with Crippen molar-refractivity contribution in [3.8, 4) is 0 Å². The predicted molar refractivity (Wildman–Crippen MR) is 119 cm³/mol. The van der Waals surface area contributed by atoms with Gasteiger partial charge in [0.1, 0.15) is 17.3 Å². The number of phosphoric ester groups is 1. The van der Waals surface area contributed by atoms with Crippen molar-refractivity contribution in [1.29, 1.82) is 0 Å². The minimum atomic E-state index is -4.14. The van der Waals surface area contributed by atoms with Gasteiger partial charge in [0, 0.05) is 0 Å². The van der Waals surface area contributed by atoms with E-state index < -0.39 is 7.82 Å². The monoisotopic (exact) mass is 398 g/mol.